The highest BCUT2D eigenvalue weighted by atomic mass is 16.5. The summed E-state index contributed by atoms with van der Waals surface area (Å²) >= 11 is 0. The van der Waals surface area contributed by atoms with Gasteiger partial charge in [-0.1, -0.05) is 6.42 Å². The third-order valence-corrected chi connectivity index (χ3v) is 2.32. The van der Waals surface area contributed by atoms with Crippen molar-refractivity contribution >= 4 is 11.9 Å². The summed E-state index contributed by atoms with van der Waals surface area (Å²) in [6.45, 7) is 1.29. The molecule has 0 bridgehead atoms. The minimum absolute atomic E-state index is 0.418. The van der Waals surface area contributed by atoms with Gasteiger partial charge in [0.1, 0.15) is 6.10 Å². The molecule has 4 nitrogen and oxygen atoms in total. The molecule has 1 aliphatic carbocycles. The summed E-state index contributed by atoms with van der Waals surface area (Å²) in [6.07, 6.45) is 2.51. The molecule has 1 aliphatic rings. The number of esters is 1. The second kappa shape index (κ2) is 4.25. The van der Waals surface area contributed by atoms with E-state index in [1.165, 1.54) is 6.92 Å². The van der Waals surface area contributed by atoms with Crippen LogP contribution in [0.3, 0.4) is 0 Å². The van der Waals surface area contributed by atoms with Crippen LogP contribution < -0.4 is 5.11 Å². The number of carboxylic acid groups (broad SMARTS) is 1. The minimum atomic E-state index is -1.11. The van der Waals surface area contributed by atoms with Gasteiger partial charge < -0.3 is 14.6 Å². The van der Waals surface area contributed by atoms with E-state index in [-0.39, 0.29) is 0 Å². The number of hydrogen-bond acceptors (Lipinski definition) is 4. The quantitative estimate of drug-likeness (QED) is 0.561. The molecule has 0 aromatic carbocycles. The van der Waals surface area contributed by atoms with Gasteiger partial charge in [-0.15, -0.1) is 0 Å². The van der Waals surface area contributed by atoms with Gasteiger partial charge in [0.25, 0.3) is 0 Å². The maximum absolute atomic E-state index is 10.6. The van der Waals surface area contributed by atoms with Crippen LogP contribution in [-0.4, -0.2) is 18.0 Å². The summed E-state index contributed by atoms with van der Waals surface area (Å²) in [7, 11) is 0. The third kappa shape index (κ3) is 2.72. The molecule has 0 aliphatic heterocycles. The number of carbonyl (C=O) groups is 2. The summed E-state index contributed by atoms with van der Waals surface area (Å²) in [5.74, 6) is -2.14. The normalized spacial score (nSPS) is 28.1. The predicted octanol–water partition coefficient (Wildman–Crippen LogP) is -0.142. The Labute approximate surface area is 76.9 Å². The fraction of sp³-hybridized carbons (Fsp3) is 0.778. The summed E-state index contributed by atoms with van der Waals surface area (Å²) in [6, 6.07) is 0. The third-order valence-electron chi connectivity index (χ3n) is 2.32. The van der Waals surface area contributed by atoms with Crippen molar-refractivity contribution < 1.29 is 19.4 Å². The molecule has 74 valence electrons. The molecule has 13 heavy (non-hydrogen) atoms. The highest BCUT2D eigenvalue weighted by molar-refractivity contribution is 5.70. The van der Waals surface area contributed by atoms with Crippen LogP contribution in [0.2, 0.25) is 0 Å². The van der Waals surface area contributed by atoms with Crippen molar-refractivity contribution in [2.75, 3.05) is 0 Å². The van der Waals surface area contributed by atoms with E-state index < -0.39 is 24.0 Å². The van der Waals surface area contributed by atoms with Crippen molar-refractivity contribution in [1.82, 2.24) is 0 Å². The molecule has 1 fully saturated rings. The zero-order valence-corrected chi connectivity index (χ0v) is 7.62. The van der Waals surface area contributed by atoms with E-state index in [9.17, 15) is 14.7 Å². The van der Waals surface area contributed by atoms with E-state index in [1.807, 2.05) is 0 Å². The van der Waals surface area contributed by atoms with Crippen LogP contribution in [0.15, 0.2) is 0 Å². The number of rotatable bonds is 2. The van der Waals surface area contributed by atoms with Crippen LogP contribution in [0, 0.1) is 5.92 Å². The van der Waals surface area contributed by atoms with Gasteiger partial charge in [-0.2, -0.15) is 0 Å². The fourth-order valence-electron chi connectivity index (χ4n) is 1.72. The molecule has 0 amide bonds. The molecule has 1 rings (SSSR count). The first-order valence-corrected chi connectivity index (χ1v) is 4.49. The summed E-state index contributed by atoms with van der Waals surface area (Å²) in [4.78, 5) is 21.3. The molecular weight excluding hydrogens is 172 g/mol. The van der Waals surface area contributed by atoms with Crippen LogP contribution in [0.1, 0.15) is 32.6 Å². The van der Waals surface area contributed by atoms with E-state index in [0.717, 1.165) is 12.8 Å². The largest absolute Gasteiger partial charge is 0.550 e. The molecular formula is C9H13O4-. The number of carbonyl (C=O) groups excluding carboxylic acids is 2. The summed E-state index contributed by atoms with van der Waals surface area (Å²) in [5.41, 5.74) is 0. The Morgan fingerprint density at radius 2 is 1.92 bits per heavy atom. The zero-order valence-electron chi connectivity index (χ0n) is 7.62. The van der Waals surface area contributed by atoms with Gasteiger partial charge in [0.05, 0.1) is 0 Å². The molecule has 1 saturated carbocycles. The van der Waals surface area contributed by atoms with Crippen molar-refractivity contribution in [2.24, 2.45) is 5.92 Å². The second-order valence-electron chi connectivity index (χ2n) is 3.36. The van der Waals surface area contributed by atoms with E-state index in [4.69, 9.17) is 4.74 Å². The Morgan fingerprint density at radius 3 is 2.46 bits per heavy atom. The lowest BCUT2D eigenvalue weighted by molar-refractivity contribution is -0.315. The molecule has 2 unspecified atom stereocenters. The van der Waals surface area contributed by atoms with Gasteiger partial charge >= 0.3 is 5.97 Å². The second-order valence-corrected chi connectivity index (χ2v) is 3.36. The maximum Gasteiger partial charge on any atom is 0.302 e. The number of hydrogen-bond donors (Lipinski definition) is 0. The first kappa shape index (κ1) is 10.0. The van der Waals surface area contributed by atoms with Crippen LogP contribution in [0.5, 0.6) is 0 Å². The molecule has 0 saturated heterocycles. The standard InChI is InChI=1S/C9H14O4/c1-6(10)13-8-5-3-2-4-7(8)9(11)12/h7-8H,2-5H2,1H3,(H,11,12)/p-1. The topological polar surface area (TPSA) is 66.4 Å². The Balaban J connectivity index is 2.56. The highest BCUT2D eigenvalue weighted by Crippen LogP contribution is 2.26. The average Bonchev–Trinajstić information content (AvgIpc) is 2.03. The Morgan fingerprint density at radius 1 is 1.31 bits per heavy atom. The monoisotopic (exact) mass is 185 g/mol. The van der Waals surface area contributed by atoms with E-state index in [2.05, 4.69) is 0 Å². The van der Waals surface area contributed by atoms with E-state index in [0.29, 0.717) is 12.8 Å². The lowest BCUT2D eigenvalue weighted by Gasteiger charge is -2.31. The first-order valence-electron chi connectivity index (χ1n) is 4.49. The molecule has 0 heterocycles. The van der Waals surface area contributed by atoms with Crippen molar-refractivity contribution in [2.45, 2.75) is 38.7 Å². The first-order chi connectivity index (χ1) is 6.11. The summed E-state index contributed by atoms with van der Waals surface area (Å²) < 4.78 is 4.91. The Hall–Kier alpha value is -1.06. The Kier molecular flexibility index (Phi) is 3.28. The van der Waals surface area contributed by atoms with Crippen LogP contribution >= 0.6 is 0 Å². The van der Waals surface area contributed by atoms with Gasteiger partial charge in [0.2, 0.25) is 0 Å². The van der Waals surface area contributed by atoms with Crippen molar-refractivity contribution in [1.29, 1.82) is 0 Å². The molecule has 0 spiro atoms. The lowest BCUT2D eigenvalue weighted by atomic mass is 9.86. The van der Waals surface area contributed by atoms with Crippen LogP contribution in [-0.2, 0) is 14.3 Å². The molecule has 0 aromatic rings. The van der Waals surface area contributed by atoms with Crippen molar-refractivity contribution in [3.05, 3.63) is 0 Å². The van der Waals surface area contributed by atoms with Gasteiger partial charge in [-0.3, -0.25) is 4.79 Å². The molecule has 0 radical (unpaired) electrons. The Bertz CT molecular complexity index is 212. The average molecular weight is 185 g/mol. The summed E-state index contributed by atoms with van der Waals surface area (Å²) in [5, 5.41) is 10.6. The highest BCUT2D eigenvalue weighted by Gasteiger charge is 2.28. The van der Waals surface area contributed by atoms with E-state index >= 15 is 0 Å². The predicted molar refractivity (Wildman–Crippen MR) is 42.5 cm³/mol. The van der Waals surface area contributed by atoms with Gasteiger partial charge in [0.15, 0.2) is 0 Å². The smallest absolute Gasteiger partial charge is 0.302 e. The molecule has 2 atom stereocenters. The number of aliphatic carboxylic acids is 1. The number of carboxylic acids is 1. The molecule has 0 aromatic heterocycles. The van der Waals surface area contributed by atoms with Crippen LogP contribution in [0.4, 0.5) is 0 Å². The minimum Gasteiger partial charge on any atom is -0.550 e. The maximum atomic E-state index is 10.6. The van der Waals surface area contributed by atoms with Gasteiger partial charge in [0, 0.05) is 18.8 Å². The molecule has 4 heteroatoms. The van der Waals surface area contributed by atoms with E-state index in [1.54, 1.807) is 0 Å². The van der Waals surface area contributed by atoms with Crippen LogP contribution in [0.25, 0.3) is 0 Å². The van der Waals surface area contributed by atoms with Gasteiger partial charge in [-0.25, -0.2) is 0 Å². The number of ether oxygens (including phenoxy) is 1. The van der Waals surface area contributed by atoms with Crippen molar-refractivity contribution in [3.8, 4) is 0 Å². The fourth-order valence-corrected chi connectivity index (χ4v) is 1.72. The zero-order chi connectivity index (χ0) is 9.84. The lowest BCUT2D eigenvalue weighted by Crippen LogP contribution is -2.42. The molecule has 0 N–H and O–H groups in total. The van der Waals surface area contributed by atoms with Gasteiger partial charge in [-0.05, 0) is 19.3 Å². The SMILES string of the molecule is CC(=O)OC1CCCCC1C(=O)[O-]. The van der Waals surface area contributed by atoms with Crippen molar-refractivity contribution in [3.63, 3.8) is 0 Å².